The lowest BCUT2D eigenvalue weighted by molar-refractivity contribution is -0.0592. The monoisotopic (exact) mass is 533 g/mol. The molecule has 1 aliphatic rings. The van der Waals surface area contributed by atoms with E-state index < -0.39 is 30.4 Å². The van der Waals surface area contributed by atoms with Crippen LogP contribution in [-0.4, -0.2) is 56.8 Å². The van der Waals surface area contributed by atoms with Crippen molar-refractivity contribution in [2.45, 2.75) is 43.7 Å². The Morgan fingerprint density at radius 2 is 1.66 bits per heavy atom. The van der Waals surface area contributed by atoms with Gasteiger partial charge in [0, 0.05) is 6.42 Å². The number of fused-ring (bicyclic) bond motifs is 1. The molecule has 3 atom stereocenters. The van der Waals surface area contributed by atoms with E-state index in [-0.39, 0.29) is 13.0 Å². The highest BCUT2D eigenvalue weighted by Crippen LogP contribution is 2.36. The van der Waals surface area contributed by atoms with E-state index in [1.165, 1.54) is 18.1 Å². The number of thioether (sulfide) groups is 1. The number of hydrogen-bond donors (Lipinski definition) is 1. The summed E-state index contributed by atoms with van der Waals surface area (Å²) in [5.74, 6) is -0.666. The number of ether oxygens (including phenoxy) is 3. The van der Waals surface area contributed by atoms with E-state index in [0.717, 1.165) is 11.1 Å². The molecular weight excluding hydrogens is 506 g/mol. The first-order valence-electron chi connectivity index (χ1n) is 12.0. The quantitative estimate of drug-likeness (QED) is 0.273. The summed E-state index contributed by atoms with van der Waals surface area (Å²) in [4.78, 5) is 34.1. The van der Waals surface area contributed by atoms with Crippen LogP contribution in [0, 0.1) is 13.8 Å². The van der Waals surface area contributed by atoms with Gasteiger partial charge in [0.05, 0.1) is 16.5 Å². The van der Waals surface area contributed by atoms with Crippen molar-refractivity contribution < 1.29 is 23.8 Å². The molecule has 0 aliphatic carbocycles. The van der Waals surface area contributed by atoms with Gasteiger partial charge in [-0.05, 0) is 44.4 Å². The van der Waals surface area contributed by atoms with Crippen molar-refractivity contribution in [3.8, 4) is 0 Å². The average Bonchev–Trinajstić information content (AvgIpc) is 3.49. The van der Waals surface area contributed by atoms with E-state index in [1.807, 2.05) is 44.4 Å². The second kappa shape index (κ2) is 10.8. The van der Waals surface area contributed by atoms with Crippen molar-refractivity contribution in [2.24, 2.45) is 0 Å². The van der Waals surface area contributed by atoms with Gasteiger partial charge >= 0.3 is 11.9 Å². The summed E-state index contributed by atoms with van der Waals surface area (Å²) in [6.45, 7) is 3.77. The third-order valence-corrected chi connectivity index (χ3v) is 7.02. The van der Waals surface area contributed by atoms with Gasteiger partial charge in [0.15, 0.2) is 11.9 Å². The molecule has 5 rings (SSSR count). The van der Waals surface area contributed by atoms with Gasteiger partial charge in [0.2, 0.25) is 0 Å². The van der Waals surface area contributed by atoms with Crippen LogP contribution in [0.3, 0.4) is 0 Å². The molecular formula is C27H27N5O5S. The number of carbonyl (C=O) groups excluding carboxylic acids is 2. The molecule has 196 valence electrons. The number of nitrogens with zero attached hydrogens (tertiary/aromatic N) is 4. The number of benzene rings is 2. The minimum absolute atomic E-state index is 0.110. The molecule has 1 fully saturated rings. The lowest BCUT2D eigenvalue weighted by Crippen LogP contribution is -2.32. The summed E-state index contributed by atoms with van der Waals surface area (Å²) >= 11 is 1.41. The zero-order valence-electron chi connectivity index (χ0n) is 21.2. The molecule has 2 aromatic carbocycles. The molecule has 0 amide bonds. The molecule has 1 aliphatic heterocycles. The first-order valence-corrected chi connectivity index (χ1v) is 13.3. The lowest BCUT2D eigenvalue weighted by Gasteiger charge is -2.19. The summed E-state index contributed by atoms with van der Waals surface area (Å²) in [7, 11) is 0. The van der Waals surface area contributed by atoms with Gasteiger partial charge in [-0.3, -0.25) is 0 Å². The molecule has 3 heterocycles. The van der Waals surface area contributed by atoms with Gasteiger partial charge in [-0.2, -0.15) is 5.10 Å². The second-order valence-electron chi connectivity index (χ2n) is 9.05. The Hall–Kier alpha value is -3.96. The van der Waals surface area contributed by atoms with E-state index in [9.17, 15) is 9.59 Å². The highest BCUT2D eigenvalue weighted by Gasteiger charge is 2.41. The van der Waals surface area contributed by atoms with Crippen LogP contribution in [0.1, 0.15) is 44.5 Å². The fourth-order valence-corrected chi connectivity index (χ4v) is 4.83. The van der Waals surface area contributed by atoms with Crippen molar-refractivity contribution in [2.75, 3.05) is 18.6 Å². The van der Waals surface area contributed by atoms with Gasteiger partial charge in [0.1, 0.15) is 36.0 Å². The largest absolute Gasteiger partial charge is 0.459 e. The zero-order valence-corrected chi connectivity index (χ0v) is 22.0. The maximum atomic E-state index is 13.0. The van der Waals surface area contributed by atoms with Crippen molar-refractivity contribution in [1.82, 2.24) is 19.7 Å². The minimum atomic E-state index is -0.722. The molecule has 1 saturated heterocycles. The number of nitrogen functional groups attached to an aromatic ring is 1. The van der Waals surface area contributed by atoms with Crippen molar-refractivity contribution in [1.29, 1.82) is 0 Å². The Morgan fingerprint density at radius 3 is 2.29 bits per heavy atom. The predicted molar refractivity (Wildman–Crippen MR) is 142 cm³/mol. The molecule has 0 saturated carbocycles. The summed E-state index contributed by atoms with van der Waals surface area (Å²) < 4.78 is 19.3. The number of carbonyl (C=O) groups is 2. The number of esters is 2. The normalized spacial score (nSPS) is 19.0. The van der Waals surface area contributed by atoms with Gasteiger partial charge in [-0.1, -0.05) is 35.4 Å². The van der Waals surface area contributed by atoms with E-state index in [4.69, 9.17) is 19.9 Å². The Balaban J connectivity index is 1.39. The standard InChI is InChI=1S/C27H27N5O5S/c1-15-4-8-17(9-5-15)26(33)35-13-20-19(37-27(34)18-10-6-16(2)7-11-18)12-21(36-20)32-24-22(25(31-32)38-3)23(28)29-14-30-24/h4-11,14,19-21H,12-13H2,1-3H3,(H2,28,29,30). The van der Waals surface area contributed by atoms with Crippen molar-refractivity contribution in [3.63, 3.8) is 0 Å². The van der Waals surface area contributed by atoms with Crippen molar-refractivity contribution in [3.05, 3.63) is 77.1 Å². The molecule has 0 radical (unpaired) electrons. The van der Waals surface area contributed by atoms with Crippen LogP contribution in [0.2, 0.25) is 0 Å². The number of aromatic nitrogens is 4. The average molecular weight is 534 g/mol. The maximum Gasteiger partial charge on any atom is 0.338 e. The summed E-state index contributed by atoms with van der Waals surface area (Å²) in [6, 6.07) is 14.2. The molecule has 4 aromatic rings. The van der Waals surface area contributed by atoms with Gasteiger partial charge < -0.3 is 19.9 Å². The molecule has 38 heavy (non-hydrogen) atoms. The zero-order chi connectivity index (χ0) is 26.8. The van der Waals surface area contributed by atoms with Gasteiger partial charge in [0.25, 0.3) is 0 Å². The summed E-state index contributed by atoms with van der Waals surface area (Å²) in [5, 5.41) is 5.93. The van der Waals surface area contributed by atoms with Gasteiger partial charge in [-0.25, -0.2) is 24.2 Å². The lowest BCUT2D eigenvalue weighted by atomic mass is 10.1. The molecule has 2 aromatic heterocycles. The minimum Gasteiger partial charge on any atom is -0.459 e. The summed E-state index contributed by atoms with van der Waals surface area (Å²) in [5.41, 5.74) is 9.52. The second-order valence-corrected chi connectivity index (χ2v) is 9.85. The highest BCUT2D eigenvalue weighted by molar-refractivity contribution is 7.98. The fraction of sp³-hybridized carbons (Fsp3) is 0.296. The Morgan fingerprint density at radius 1 is 1.03 bits per heavy atom. The SMILES string of the molecule is CSc1nn(C2CC(OC(=O)c3ccc(C)cc3)C(COC(=O)c3ccc(C)cc3)O2)c2ncnc(N)c12. The van der Waals surface area contributed by atoms with Gasteiger partial charge in [-0.15, -0.1) is 11.8 Å². The molecule has 3 unspecified atom stereocenters. The van der Waals surface area contributed by atoms with Crippen molar-refractivity contribution >= 4 is 40.6 Å². The molecule has 0 spiro atoms. The van der Waals surface area contributed by atoms with Crippen LogP contribution in [0.25, 0.3) is 11.0 Å². The topological polar surface area (TPSA) is 131 Å². The van der Waals surface area contributed by atoms with Crippen LogP contribution in [0.5, 0.6) is 0 Å². The molecule has 0 bridgehead atoms. The molecule has 11 heteroatoms. The van der Waals surface area contributed by atoms with E-state index in [0.29, 0.717) is 33.0 Å². The first kappa shape index (κ1) is 25.7. The van der Waals surface area contributed by atoms with E-state index >= 15 is 0 Å². The summed E-state index contributed by atoms with van der Waals surface area (Å²) in [6.07, 6.45) is 1.47. The van der Waals surface area contributed by atoms with Crippen LogP contribution in [-0.2, 0) is 14.2 Å². The third kappa shape index (κ3) is 5.20. The van der Waals surface area contributed by atoms with Crippen LogP contribution < -0.4 is 5.73 Å². The molecule has 2 N–H and O–H groups in total. The smallest absolute Gasteiger partial charge is 0.338 e. The molecule has 10 nitrogen and oxygen atoms in total. The number of anilines is 1. The van der Waals surface area contributed by atoms with E-state index in [2.05, 4.69) is 15.1 Å². The predicted octanol–water partition coefficient (Wildman–Crippen LogP) is 4.12. The van der Waals surface area contributed by atoms with Crippen LogP contribution >= 0.6 is 11.8 Å². The number of rotatable bonds is 7. The number of nitrogens with two attached hydrogens (primary N) is 1. The maximum absolute atomic E-state index is 13.0. The number of hydrogen-bond acceptors (Lipinski definition) is 10. The Kier molecular flexibility index (Phi) is 7.30. The Bertz CT molecular complexity index is 1470. The third-order valence-electron chi connectivity index (χ3n) is 6.34. The Labute approximate surface area is 223 Å². The fourth-order valence-electron chi connectivity index (χ4n) is 4.26. The van der Waals surface area contributed by atoms with Crippen LogP contribution in [0.15, 0.2) is 59.9 Å². The number of aryl methyl sites for hydroxylation is 2. The van der Waals surface area contributed by atoms with Crippen LogP contribution in [0.4, 0.5) is 5.82 Å². The highest BCUT2D eigenvalue weighted by atomic mass is 32.2. The first-order chi connectivity index (χ1) is 18.3. The van der Waals surface area contributed by atoms with E-state index in [1.54, 1.807) is 28.9 Å².